The second-order valence-electron chi connectivity index (χ2n) is 4.92. The first-order valence-electron chi connectivity index (χ1n) is 5.87. The van der Waals surface area contributed by atoms with Crippen LogP contribution in [0.2, 0.25) is 0 Å². The SMILES string of the molecule is Cc1ccc(C(C)(N)CCCO)c(C)c1C. The molecule has 0 amide bonds. The molecule has 1 rings (SSSR count). The zero-order valence-corrected chi connectivity index (χ0v) is 10.8. The van der Waals surface area contributed by atoms with E-state index in [4.69, 9.17) is 10.8 Å². The Morgan fingerprint density at radius 1 is 1.19 bits per heavy atom. The molecule has 0 radical (unpaired) electrons. The minimum absolute atomic E-state index is 0.205. The zero-order chi connectivity index (χ0) is 12.3. The lowest BCUT2D eigenvalue weighted by Gasteiger charge is -2.28. The van der Waals surface area contributed by atoms with Gasteiger partial charge in [0.25, 0.3) is 0 Å². The van der Waals surface area contributed by atoms with E-state index < -0.39 is 0 Å². The third-order valence-corrected chi connectivity index (χ3v) is 3.53. The summed E-state index contributed by atoms with van der Waals surface area (Å²) >= 11 is 0. The van der Waals surface area contributed by atoms with Crippen molar-refractivity contribution < 1.29 is 5.11 Å². The Kier molecular flexibility index (Phi) is 4.11. The molecule has 0 saturated carbocycles. The van der Waals surface area contributed by atoms with Crippen molar-refractivity contribution >= 4 is 0 Å². The van der Waals surface area contributed by atoms with Crippen LogP contribution in [-0.4, -0.2) is 11.7 Å². The van der Waals surface area contributed by atoms with Crippen LogP contribution in [0.1, 0.15) is 42.0 Å². The Balaban J connectivity index is 3.08. The number of aliphatic hydroxyl groups is 1. The molecule has 3 N–H and O–H groups in total. The minimum atomic E-state index is -0.342. The fourth-order valence-electron chi connectivity index (χ4n) is 2.16. The fourth-order valence-corrected chi connectivity index (χ4v) is 2.16. The smallest absolute Gasteiger partial charge is 0.0431 e. The minimum Gasteiger partial charge on any atom is -0.396 e. The lowest BCUT2D eigenvalue weighted by Crippen LogP contribution is -2.34. The number of aryl methyl sites for hydroxylation is 1. The normalized spacial score (nSPS) is 14.9. The van der Waals surface area contributed by atoms with Gasteiger partial charge in [0.05, 0.1) is 0 Å². The molecule has 0 aliphatic rings. The van der Waals surface area contributed by atoms with Gasteiger partial charge in [0.2, 0.25) is 0 Å². The number of hydrogen-bond donors (Lipinski definition) is 2. The van der Waals surface area contributed by atoms with Crippen LogP contribution >= 0.6 is 0 Å². The van der Waals surface area contributed by atoms with Gasteiger partial charge in [-0.05, 0) is 62.8 Å². The van der Waals surface area contributed by atoms with Gasteiger partial charge in [0, 0.05) is 12.1 Å². The molecule has 0 aliphatic carbocycles. The second-order valence-corrected chi connectivity index (χ2v) is 4.92. The van der Waals surface area contributed by atoms with Gasteiger partial charge in [-0.25, -0.2) is 0 Å². The van der Waals surface area contributed by atoms with E-state index in [1.807, 2.05) is 6.92 Å². The fraction of sp³-hybridized carbons (Fsp3) is 0.571. The first-order valence-corrected chi connectivity index (χ1v) is 5.87. The maximum atomic E-state index is 8.89. The summed E-state index contributed by atoms with van der Waals surface area (Å²) in [5.41, 5.74) is 11.1. The molecule has 0 spiro atoms. The van der Waals surface area contributed by atoms with Crippen LogP contribution in [0.5, 0.6) is 0 Å². The molecule has 2 nitrogen and oxygen atoms in total. The summed E-state index contributed by atoms with van der Waals surface area (Å²) in [6, 6.07) is 4.25. The van der Waals surface area contributed by atoms with Gasteiger partial charge in [-0.1, -0.05) is 12.1 Å². The van der Waals surface area contributed by atoms with Crippen LogP contribution in [0, 0.1) is 20.8 Å². The van der Waals surface area contributed by atoms with E-state index in [9.17, 15) is 0 Å². The molecule has 0 saturated heterocycles. The van der Waals surface area contributed by atoms with Gasteiger partial charge in [0.1, 0.15) is 0 Å². The molecule has 1 unspecified atom stereocenters. The number of nitrogens with two attached hydrogens (primary N) is 1. The van der Waals surface area contributed by atoms with Crippen LogP contribution in [0.4, 0.5) is 0 Å². The maximum Gasteiger partial charge on any atom is 0.0431 e. The predicted octanol–water partition coefficient (Wildman–Crippen LogP) is 2.56. The highest BCUT2D eigenvalue weighted by Crippen LogP contribution is 2.29. The Hall–Kier alpha value is -0.860. The highest BCUT2D eigenvalue weighted by molar-refractivity contribution is 5.42. The van der Waals surface area contributed by atoms with Crippen LogP contribution in [0.15, 0.2) is 12.1 Å². The van der Waals surface area contributed by atoms with Crippen molar-refractivity contribution in [1.29, 1.82) is 0 Å². The van der Waals surface area contributed by atoms with Crippen LogP contribution in [0.3, 0.4) is 0 Å². The van der Waals surface area contributed by atoms with Crippen molar-refractivity contribution in [3.05, 3.63) is 34.4 Å². The molecule has 0 bridgehead atoms. The molecule has 0 heterocycles. The van der Waals surface area contributed by atoms with Crippen molar-refractivity contribution in [1.82, 2.24) is 0 Å². The van der Waals surface area contributed by atoms with Gasteiger partial charge in [-0.2, -0.15) is 0 Å². The molecule has 2 heteroatoms. The van der Waals surface area contributed by atoms with Crippen molar-refractivity contribution in [2.75, 3.05) is 6.61 Å². The first kappa shape index (κ1) is 13.2. The lowest BCUT2D eigenvalue weighted by molar-refractivity contribution is 0.265. The largest absolute Gasteiger partial charge is 0.396 e. The Bertz CT molecular complexity index is 369. The highest BCUT2D eigenvalue weighted by Gasteiger charge is 2.23. The van der Waals surface area contributed by atoms with Gasteiger partial charge in [0.15, 0.2) is 0 Å². The van der Waals surface area contributed by atoms with E-state index in [0.717, 1.165) is 12.8 Å². The number of hydrogen-bond acceptors (Lipinski definition) is 2. The highest BCUT2D eigenvalue weighted by atomic mass is 16.2. The molecule has 1 aromatic rings. The number of rotatable bonds is 4. The molecular formula is C14H23NO. The third-order valence-electron chi connectivity index (χ3n) is 3.53. The van der Waals surface area contributed by atoms with Gasteiger partial charge in [-0.3, -0.25) is 0 Å². The second kappa shape index (κ2) is 4.98. The van der Waals surface area contributed by atoms with Crippen molar-refractivity contribution in [2.24, 2.45) is 5.73 Å². The van der Waals surface area contributed by atoms with E-state index in [-0.39, 0.29) is 12.1 Å². The lowest BCUT2D eigenvalue weighted by atomic mass is 9.83. The van der Waals surface area contributed by atoms with E-state index >= 15 is 0 Å². The summed E-state index contributed by atoms with van der Waals surface area (Å²) in [6.07, 6.45) is 1.56. The number of aliphatic hydroxyl groups excluding tert-OH is 1. The Morgan fingerprint density at radius 2 is 1.81 bits per heavy atom. The van der Waals surface area contributed by atoms with E-state index in [1.54, 1.807) is 0 Å². The van der Waals surface area contributed by atoms with E-state index in [1.165, 1.54) is 22.3 Å². The van der Waals surface area contributed by atoms with Crippen LogP contribution in [-0.2, 0) is 5.54 Å². The standard InChI is InChI=1S/C14H23NO/c1-10-6-7-13(12(3)11(10)2)14(4,15)8-5-9-16/h6-7,16H,5,8-9,15H2,1-4H3. The average molecular weight is 221 g/mol. The molecule has 0 fully saturated rings. The van der Waals surface area contributed by atoms with Crippen molar-refractivity contribution in [3.63, 3.8) is 0 Å². The average Bonchev–Trinajstić information content (AvgIpc) is 2.23. The van der Waals surface area contributed by atoms with Gasteiger partial charge < -0.3 is 10.8 Å². The molecule has 1 aromatic carbocycles. The molecule has 0 aromatic heterocycles. The molecule has 0 aliphatic heterocycles. The maximum absolute atomic E-state index is 8.89. The summed E-state index contributed by atoms with van der Waals surface area (Å²) in [7, 11) is 0. The molecule has 90 valence electrons. The number of benzene rings is 1. The van der Waals surface area contributed by atoms with Gasteiger partial charge >= 0.3 is 0 Å². The summed E-state index contributed by atoms with van der Waals surface area (Å²) in [4.78, 5) is 0. The summed E-state index contributed by atoms with van der Waals surface area (Å²) in [6.45, 7) is 8.63. The first-order chi connectivity index (χ1) is 7.40. The van der Waals surface area contributed by atoms with Gasteiger partial charge in [-0.15, -0.1) is 0 Å². The molecule has 16 heavy (non-hydrogen) atoms. The molecule has 1 atom stereocenters. The van der Waals surface area contributed by atoms with Crippen molar-refractivity contribution in [3.8, 4) is 0 Å². The Labute approximate surface area is 98.5 Å². The quantitative estimate of drug-likeness (QED) is 0.820. The Morgan fingerprint density at radius 3 is 2.38 bits per heavy atom. The topological polar surface area (TPSA) is 46.2 Å². The zero-order valence-electron chi connectivity index (χ0n) is 10.8. The predicted molar refractivity (Wildman–Crippen MR) is 68.5 cm³/mol. The summed E-state index contributed by atoms with van der Waals surface area (Å²) < 4.78 is 0. The van der Waals surface area contributed by atoms with Crippen LogP contribution in [0.25, 0.3) is 0 Å². The third kappa shape index (κ3) is 2.63. The van der Waals surface area contributed by atoms with E-state index in [2.05, 4.69) is 32.9 Å². The van der Waals surface area contributed by atoms with Crippen LogP contribution < -0.4 is 5.73 Å². The monoisotopic (exact) mass is 221 g/mol. The molecular weight excluding hydrogens is 198 g/mol. The summed E-state index contributed by atoms with van der Waals surface area (Å²) in [5, 5.41) is 8.89. The van der Waals surface area contributed by atoms with Crippen molar-refractivity contribution in [2.45, 2.75) is 46.1 Å². The van der Waals surface area contributed by atoms with E-state index in [0.29, 0.717) is 0 Å². The summed E-state index contributed by atoms with van der Waals surface area (Å²) in [5.74, 6) is 0.